The molecule has 0 radical (unpaired) electrons. The summed E-state index contributed by atoms with van der Waals surface area (Å²) in [7, 11) is 0. The lowest BCUT2D eigenvalue weighted by atomic mass is 10.0. The number of ether oxygens (including phenoxy) is 1. The van der Waals surface area contributed by atoms with Crippen LogP contribution < -0.4 is 4.74 Å². The Bertz CT molecular complexity index is 335. The van der Waals surface area contributed by atoms with Crippen molar-refractivity contribution in [1.29, 1.82) is 0 Å². The Morgan fingerprint density at radius 2 is 2.40 bits per heavy atom. The summed E-state index contributed by atoms with van der Waals surface area (Å²) in [5.41, 5.74) is 2.49. The third-order valence-corrected chi connectivity index (χ3v) is 3.25. The fraction of sp³-hybridized carbons (Fsp3) is 0.615. The third kappa shape index (κ3) is 2.31. The summed E-state index contributed by atoms with van der Waals surface area (Å²) in [6, 6.07) is 2.08. The molecule has 0 aliphatic carbocycles. The second kappa shape index (κ2) is 4.65. The molecular weight excluding hydrogens is 186 g/mol. The van der Waals surface area contributed by atoms with Gasteiger partial charge >= 0.3 is 0 Å². The van der Waals surface area contributed by atoms with Crippen LogP contribution in [0.5, 0.6) is 5.75 Å². The number of hydrogen-bond acceptors (Lipinski definition) is 2. The highest BCUT2D eigenvalue weighted by Crippen LogP contribution is 2.29. The normalized spacial score (nSPS) is 15.9. The molecule has 0 fully saturated rings. The molecule has 0 N–H and O–H groups in total. The lowest BCUT2D eigenvalue weighted by Gasteiger charge is -2.10. The molecule has 1 aliphatic heterocycles. The van der Waals surface area contributed by atoms with E-state index in [1.54, 1.807) is 0 Å². The summed E-state index contributed by atoms with van der Waals surface area (Å²) in [5.74, 6) is 1.85. The number of rotatable bonds is 4. The van der Waals surface area contributed by atoms with Gasteiger partial charge in [-0.1, -0.05) is 20.3 Å². The van der Waals surface area contributed by atoms with Crippen molar-refractivity contribution in [3.05, 3.63) is 23.5 Å². The van der Waals surface area contributed by atoms with E-state index in [0.29, 0.717) is 0 Å². The lowest BCUT2D eigenvalue weighted by Crippen LogP contribution is -1.99. The predicted octanol–water partition coefficient (Wildman–Crippen LogP) is 3.00. The van der Waals surface area contributed by atoms with E-state index in [-0.39, 0.29) is 0 Å². The van der Waals surface area contributed by atoms with Crippen molar-refractivity contribution >= 4 is 0 Å². The van der Waals surface area contributed by atoms with Gasteiger partial charge in [-0.2, -0.15) is 0 Å². The second-order valence-corrected chi connectivity index (χ2v) is 4.40. The van der Waals surface area contributed by atoms with E-state index < -0.39 is 0 Å². The highest BCUT2D eigenvalue weighted by molar-refractivity contribution is 5.39. The minimum Gasteiger partial charge on any atom is -0.491 e. The van der Waals surface area contributed by atoms with Crippen LogP contribution in [0.2, 0.25) is 0 Å². The lowest BCUT2D eigenvalue weighted by molar-refractivity contribution is 0.350. The smallest absolute Gasteiger partial charge is 0.144 e. The standard InChI is InChI=1S/C13H19NO/c1-3-10(2)4-5-12-13-11(6-8-14-12)7-9-15-13/h6,8,10H,3-5,7,9H2,1-2H3. The van der Waals surface area contributed by atoms with Crippen LogP contribution >= 0.6 is 0 Å². The van der Waals surface area contributed by atoms with Crippen molar-refractivity contribution in [3.8, 4) is 5.75 Å². The number of aromatic nitrogens is 1. The molecule has 0 bridgehead atoms. The molecule has 1 aromatic heterocycles. The first-order valence-corrected chi connectivity index (χ1v) is 5.90. The Kier molecular flexibility index (Phi) is 3.24. The van der Waals surface area contributed by atoms with Gasteiger partial charge in [0, 0.05) is 18.2 Å². The van der Waals surface area contributed by atoms with Crippen LogP contribution in [0.4, 0.5) is 0 Å². The van der Waals surface area contributed by atoms with Crippen LogP contribution in [0.15, 0.2) is 12.3 Å². The molecule has 1 aliphatic rings. The number of fused-ring (bicyclic) bond motifs is 1. The SMILES string of the molecule is CCC(C)CCc1nccc2c1OCC2. The fourth-order valence-corrected chi connectivity index (χ4v) is 1.94. The van der Waals surface area contributed by atoms with E-state index in [1.807, 2.05) is 6.20 Å². The summed E-state index contributed by atoms with van der Waals surface area (Å²) in [6.07, 6.45) is 6.48. The van der Waals surface area contributed by atoms with E-state index >= 15 is 0 Å². The summed E-state index contributed by atoms with van der Waals surface area (Å²) >= 11 is 0. The number of hydrogen-bond donors (Lipinski definition) is 0. The van der Waals surface area contributed by atoms with Crippen molar-refractivity contribution in [2.45, 2.75) is 39.5 Å². The molecule has 0 spiro atoms. The molecule has 1 atom stereocenters. The maximum atomic E-state index is 5.63. The minimum atomic E-state index is 0.782. The van der Waals surface area contributed by atoms with Gasteiger partial charge in [-0.25, -0.2) is 0 Å². The first kappa shape index (κ1) is 10.5. The van der Waals surface area contributed by atoms with Gasteiger partial charge in [0.15, 0.2) is 0 Å². The Morgan fingerprint density at radius 3 is 3.20 bits per heavy atom. The van der Waals surface area contributed by atoms with Gasteiger partial charge in [-0.3, -0.25) is 4.98 Å². The molecule has 0 aromatic carbocycles. The van der Waals surface area contributed by atoms with Gasteiger partial charge in [0.1, 0.15) is 5.75 Å². The largest absolute Gasteiger partial charge is 0.491 e. The first-order valence-electron chi connectivity index (χ1n) is 5.90. The summed E-state index contributed by atoms with van der Waals surface area (Å²) < 4.78 is 5.63. The van der Waals surface area contributed by atoms with Gasteiger partial charge in [0.2, 0.25) is 0 Å². The Morgan fingerprint density at radius 1 is 1.53 bits per heavy atom. The van der Waals surface area contributed by atoms with Crippen molar-refractivity contribution in [2.24, 2.45) is 5.92 Å². The monoisotopic (exact) mass is 205 g/mol. The number of aryl methyl sites for hydroxylation is 1. The topological polar surface area (TPSA) is 22.1 Å². The van der Waals surface area contributed by atoms with Crippen LogP contribution in [-0.4, -0.2) is 11.6 Å². The molecule has 15 heavy (non-hydrogen) atoms. The van der Waals surface area contributed by atoms with Crippen LogP contribution in [0.25, 0.3) is 0 Å². The molecule has 0 saturated heterocycles. The summed E-state index contributed by atoms with van der Waals surface area (Å²) in [5, 5.41) is 0. The molecule has 0 amide bonds. The Balaban J connectivity index is 2.06. The van der Waals surface area contributed by atoms with Crippen molar-refractivity contribution in [3.63, 3.8) is 0 Å². The van der Waals surface area contributed by atoms with E-state index in [4.69, 9.17) is 4.74 Å². The fourth-order valence-electron chi connectivity index (χ4n) is 1.94. The Labute approximate surface area is 91.7 Å². The first-order chi connectivity index (χ1) is 7.31. The van der Waals surface area contributed by atoms with Crippen LogP contribution in [0, 0.1) is 5.92 Å². The van der Waals surface area contributed by atoms with Gasteiger partial charge in [0.05, 0.1) is 12.3 Å². The quantitative estimate of drug-likeness (QED) is 0.754. The predicted molar refractivity (Wildman–Crippen MR) is 61.2 cm³/mol. The van der Waals surface area contributed by atoms with Crippen LogP contribution in [0.1, 0.15) is 37.9 Å². The van der Waals surface area contributed by atoms with Crippen molar-refractivity contribution in [2.75, 3.05) is 6.61 Å². The molecule has 2 heteroatoms. The molecule has 2 nitrogen and oxygen atoms in total. The van der Waals surface area contributed by atoms with Gasteiger partial charge in [-0.05, 0) is 24.8 Å². The summed E-state index contributed by atoms with van der Waals surface area (Å²) in [6.45, 7) is 5.37. The van der Waals surface area contributed by atoms with E-state index in [9.17, 15) is 0 Å². The van der Waals surface area contributed by atoms with Crippen molar-refractivity contribution < 1.29 is 4.74 Å². The Hall–Kier alpha value is -1.05. The van der Waals surface area contributed by atoms with Crippen molar-refractivity contribution in [1.82, 2.24) is 4.98 Å². The summed E-state index contributed by atoms with van der Waals surface area (Å²) in [4.78, 5) is 4.43. The average Bonchev–Trinajstić information content (AvgIpc) is 2.74. The molecule has 0 saturated carbocycles. The van der Waals surface area contributed by atoms with Crippen LogP contribution in [0.3, 0.4) is 0 Å². The zero-order chi connectivity index (χ0) is 10.7. The minimum absolute atomic E-state index is 0.782. The van der Waals surface area contributed by atoms with E-state index in [1.165, 1.54) is 18.4 Å². The molecule has 2 heterocycles. The van der Waals surface area contributed by atoms with E-state index in [0.717, 1.165) is 36.8 Å². The maximum Gasteiger partial charge on any atom is 0.144 e. The average molecular weight is 205 g/mol. The molecule has 1 unspecified atom stereocenters. The third-order valence-electron chi connectivity index (χ3n) is 3.25. The van der Waals surface area contributed by atoms with Gasteiger partial charge < -0.3 is 4.74 Å². The molecule has 82 valence electrons. The van der Waals surface area contributed by atoms with Gasteiger partial charge in [-0.15, -0.1) is 0 Å². The number of nitrogens with zero attached hydrogens (tertiary/aromatic N) is 1. The van der Waals surface area contributed by atoms with E-state index in [2.05, 4.69) is 24.9 Å². The highest BCUT2D eigenvalue weighted by Gasteiger charge is 2.16. The zero-order valence-electron chi connectivity index (χ0n) is 9.62. The zero-order valence-corrected chi connectivity index (χ0v) is 9.62. The molecule has 2 rings (SSSR count). The maximum absolute atomic E-state index is 5.63. The second-order valence-electron chi connectivity index (χ2n) is 4.40. The van der Waals surface area contributed by atoms with Crippen LogP contribution in [-0.2, 0) is 12.8 Å². The molecule has 1 aromatic rings. The highest BCUT2D eigenvalue weighted by atomic mass is 16.5. The molecular formula is C13H19NO. The number of pyridine rings is 1. The van der Waals surface area contributed by atoms with Gasteiger partial charge in [0.25, 0.3) is 0 Å².